The fraction of sp³-hybridized carbons (Fsp3) is 0.594. The molecule has 1 saturated carbocycles. The molecule has 4 aliphatic rings. The standard InChI is InChI=1S/C32H43N3O5S/c36-18-17-33-30-26-14-12-23(26)8-3-1-2-6-19-41(38,39)34-31(37)25-13-15-29-28(20-25)35(30)21-32(22-40-29)16-7-10-24-9-4-5-11-27(24)32/h4-5,9,11,13,15,20,23,26,30,33,36H,1-3,6-8,10,12,14,16-19,21-22H2,(H,34,37). The number of ether oxygens (including phenoxy) is 1. The van der Waals surface area contributed by atoms with Gasteiger partial charge in [0.25, 0.3) is 5.91 Å². The number of fused-ring (bicyclic) bond motifs is 4. The number of aliphatic hydroxyl groups is 1. The van der Waals surface area contributed by atoms with Crippen LogP contribution in [0.2, 0.25) is 0 Å². The number of hydrogen-bond acceptors (Lipinski definition) is 7. The van der Waals surface area contributed by atoms with Crippen LogP contribution in [0.25, 0.3) is 0 Å². The van der Waals surface area contributed by atoms with Gasteiger partial charge >= 0.3 is 0 Å². The summed E-state index contributed by atoms with van der Waals surface area (Å²) in [7, 11) is -3.72. The number of aryl methyl sites for hydroxylation is 1. The number of anilines is 1. The van der Waals surface area contributed by atoms with Gasteiger partial charge in [0.2, 0.25) is 10.0 Å². The molecule has 1 amide bonds. The van der Waals surface area contributed by atoms with Crippen LogP contribution < -0.4 is 19.7 Å². The van der Waals surface area contributed by atoms with Crippen molar-refractivity contribution in [3.8, 4) is 5.75 Å². The molecule has 2 aromatic rings. The molecule has 2 heterocycles. The minimum Gasteiger partial charge on any atom is -0.490 e. The lowest BCUT2D eigenvalue weighted by molar-refractivity contribution is 0.0980. The summed E-state index contributed by atoms with van der Waals surface area (Å²) in [4.78, 5) is 15.6. The van der Waals surface area contributed by atoms with Crippen molar-refractivity contribution in [2.75, 3.05) is 37.0 Å². The molecule has 6 rings (SSSR count). The van der Waals surface area contributed by atoms with Gasteiger partial charge in [-0.1, -0.05) is 49.9 Å². The maximum absolute atomic E-state index is 13.2. The molecule has 0 radical (unpaired) electrons. The van der Waals surface area contributed by atoms with Gasteiger partial charge < -0.3 is 14.7 Å². The number of nitrogens with one attached hydrogen (secondary N) is 2. The number of nitrogens with zero attached hydrogens (tertiary/aromatic N) is 1. The lowest BCUT2D eigenvalue weighted by Gasteiger charge is -2.50. The Morgan fingerprint density at radius 3 is 2.73 bits per heavy atom. The number of benzene rings is 2. The predicted octanol–water partition coefficient (Wildman–Crippen LogP) is 4.12. The summed E-state index contributed by atoms with van der Waals surface area (Å²) in [6.45, 7) is 1.77. The molecule has 2 aromatic carbocycles. The van der Waals surface area contributed by atoms with Crippen molar-refractivity contribution in [2.45, 2.75) is 75.8 Å². The third-order valence-electron chi connectivity index (χ3n) is 9.87. The largest absolute Gasteiger partial charge is 0.490 e. The van der Waals surface area contributed by atoms with E-state index in [1.54, 1.807) is 12.1 Å². The number of rotatable bonds is 3. The van der Waals surface area contributed by atoms with E-state index in [0.717, 1.165) is 57.1 Å². The maximum Gasteiger partial charge on any atom is 0.264 e. The molecule has 2 aliphatic carbocycles. The normalized spacial score (nSPS) is 29.7. The molecule has 41 heavy (non-hydrogen) atoms. The van der Waals surface area contributed by atoms with E-state index < -0.39 is 15.9 Å². The first-order chi connectivity index (χ1) is 19.9. The first-order valence-corrected chi connectivity index (χ1v) is 17.1. The van der Waals surface area contributed by atoms with Crippen molar-refractivity contribution in [2.24, 2.45) is 11.8 Å². The third-order valence-corrected chi connectivity index (χ3v) is 11.2. The molecule has 222 valence electrons. The molecule has 2 bridgehead atoms. The van der Waals surface area contributed by atoms with Crippen LogP contribution in [0.15, 0.2) is 42.5 Å². The van der Waals surface area contributed by atoms with E-state index in [9.17, 15) is 18.3 Å². The molecule has 0 saturated heterocycles. The van der Waals surface area contributed by atoms with E-state index in [2.05, 4.69) is 39.2 Å². The summed E-state index contributed by atoms with van der Waals surface area (Å²) in [6, 6.07) is 14.0. The van der Waals surface area contributed by atoms with E-state index in [0.29, 0.717) is 49.3 Å². The van der Waals surface area contributed by atoms with Crippen molar-refractivity contribution in [1.29, 1.82) is 0 Å². The summed E-state index contributed by atoms with van der Waals surface area (Å²) in [5.41, 5.74) is 3.59. The summed E-state index contributed by atoms with van der Waals surface area (Å²) in [6.07, 6.45) is 9.96. The van der Waals surface area contributed by atoms with Crippen LogP contribution in [-0.2, 0) is 21.9 Å². The van der Waals surface area contributed by atoms with Crippen molar-refractivity contribution in [3.05, 3.63) is 59.2 Å². The zero-order valence-corrected chi connectivity index (χ0v) is 24.6. The molecule has 1 spiro atoms. The Labute approximate surface area is 243 Å². The van der Waals surface area contributed by atoms with Gasteiger partial charge in [-0.15, -0.1) is 0 Å². The van der Waals surface area contributed by atoms with Crippen LogP contribution in [-0.4, -0.2) is 57.7 Å². The van der Waals surface area contributed by atoms with Gasteiger partial charge in [-0.3, -0.25) is 10.1 Å². The lowest BCUT2D eigenvalue weighted by Crippen LogP contribution is -2.59. The number of sulfonamides is 1. The number of carbonyl (C=O) groups is 1. The molecule has 4 atom stereocenters. The molecule has 9 heteroatoms. The highest BCUT2D eigenvalue weighted by atomic mass is 32.2. The second-order valence-electron chi connectivity index (χ2n) is 12.5. The second kappa shape index (κ2) is 11.9. The Balaban J connectivity index is 1.46. The Morgan fingerprint density at radius 2 is 1.90 bits per heavy atom. The van der Waals surface area contributed by atoms with E-state index in [1.807, 2.05) is 6.07 Å². The fourth-order valence-corrected chi connectivity index (χ4v) is 8.71. The van der Waals surface area contributed by atoms with Crippen LogP contribution >= 0.6 is 0 Å². The summed E-state index contributed by atoms with van der Waals surface area (Å²) in [5.74, 6) is 1.03. The van der Waals surface area contributed by atoms with Crippen molar-refractivity contribution in [1.82, 2.24) is 10.0 Å². The highest BCUT2D eigenvalue weighted by molar-refractivity contribution is 7.90. The highest BCUT2D eigenvalue weighted by Gasteiger charge is 2.46. The first-order valence-electron chi connectivity index (χ1n) is 15.4. The Bertz CT molecular complexity index is 1360. The zero-order valence-electron chi connectivity index (χ0n) is 23.8. The average Bonchev–Trinajstić information content (AvgIpc) is 3.11. The Kier molecular flexibility index (Phi) is 8.30. The Morgan fingerprint density at radius 1 is 1.05 bits per heavy atom. The lowest BCUT2D eigenvalue weighted by atomic mass is 9.67. The molecule has 8 nitrogen and oxygen atoms in total. The highest BCUT2D eigenvalue weighted by Crippen LogP contribution is 2.48. The van der Waals surface area contributed by atoms with Crippen molar-refractivity contribution >= 4 is 21.6 Å². The van der Waals surface area contributed by atoms with Gasteiger partial charge in [-0.25, -0.2) is 13.1 Å². The molecule has 3 N–H and O–H groups in total. The number of carbonyl (C=O) groups excluding carboxylic acids is 1. The number of aliphatic hydroxyl groups excluding tert-OH is 1. The Hall–Kier alpha value is -2.62. The summed E-state index contributed by atoms with van der Waals surface area (Å²) in [5, 5.41) is 13.6. The molecular weight excluding hydrogens is 538 g/mol. The van der Waals surface area contributed by atoms with Gasteiger partial charge in [-0.05, 0) is 79.7 Å². The number of amides is 1. The average molecular weight is 582 g/mol. The van der Waals surface area contributed by atoms with Gasteiger partial charge in [0.1, 0.15) is 5.75 Å². The quantitative estimate of drug-likeness (QED) is 0.501. The first kappa shape index (κ1) is 28.5. The molecule has 0 aromatic heterocycles. The van der Waals surface area contributed by atoms with E-state index in [4.69, 9.17) is 4.74 Å². The van der Waals surface area contributed by atoms with E-state index in [-0.39, 0.29) is 23.9 Å². The molecular formula is C32H43N3O5S. The van der Waals surface area contributed by atoms with E-state index in [1.165, 1.54) is 17.5 Å². The predicted molar refractivity (Wildman–Crippen MR) is 160 cm³/mol. The number of hydrogen-bond donors (Lipinski definition) is 3. The molecule has 4 unspecified atom stereocenters. The zero-order chi connectivity index (χ0) is 28.5. The van der Waals surface area contributed by atoms with Crippen LogP contribution in [0.3, 0.4) is 0 Å². The minimum absolute atomic E-state index is 0.0396. The van der Waals surface area contributed by atoms with Gasteiger partial charge in [0.05, 0.1) is 30.8 Å². The molecule has 2 aliphatic heterocycles. The second-order valence-corrected chi connectivity index (χ2v) is 14.3. The van der Waals surface area contributed by atoms with Crippen molar-refractivity contribution in [3.63, 3.8) is 0 Å². The summed E-state index contributed by atoms with van der Waals surface area (Å²) < 4.78 is 34.3. The van der Waals surface area contributed by atoms with Crippen LogP contribution in [0, 0.1) is 11.8 Å². The van der Waals surface area contributed by atoms with Gasteiger partial charge in [0, 0.05) is 24.1 Å². The van der Waals surface area contributed by atoms with Gasteiger partial charge in [-0.2, -0.15) is 0 Å². The smallest absolute Gasteiger partial charge is 0.264 e. The van der Waals surface area contributed by atoms with Crippen molar-refractivity contribution < 1.29 is 23.1 Å². The maximum atomic E-state index is 13.2. The van der Waals surface area contributed by atoms with E-state index >= 15 is 0 Å². The summed E-state index contributed by atoms with van der Waals surface area (Å²) >= 11 is 0. The van der Waals surface area contributed by atoms with Crippen LogP contribution in [0.1, 0.15) is 79.3 Å². The molecule has 1 fully saturated rings. The monoisotopic (exact) mass is 581 g/mol. The van der Waals surface area contributed by atoms with Crippen LogP contribution in [0.5, 0.6) is 5.75 Å². The minimum atomic E-state index is -3.72. The third kappa shape index (κ3) is 5.86. The van der Waals surface area contributed by atoms with Gasteiger partial charge in [0.15, 0.2) is 0 Å². The van der Waals surface area contributed by atoms with Crippen LogP contribution in [0.4, 0.5) is 5.69 Å². The SMILES string of the molecule is O=C1NS(=O)(=O)CCCCCCC2CCC2C(NCCO)N2CC3(CCCc4ccccc43)COc3ccc1cc32. The topological polar surface area (TPSA) is 108 Å². The fourth-order valence-electron chi connectivity index (χ4n) is 7.63.